The van der Waals surface area contributed by atoms with E-state index in [1.54, 1.807) is 24.3 Å². The first-order valence-corrected chi connectivity index (χ1v) is 5.96. The van der Waals surface area contributed by atoms with Gasteiger partial charge in [-0.1, -0.05) is 30.7 Å². The zero-order valence-corrected chi connectivity index (χ0v) is 10.6. The van der Waals surface area contributed by atoms with E-state index in [4.69, 9.17) is 16.7 Å². The average Bonchev–Trinajstić information content (AvgIpc) is 2.28. The van der Waals surface area contributed by atoms with Crippen molar-refractivity contribution >= 4 is 11.6 Å². The van der Waals surface area contributed by atoms with Crippen LogP contribution in [0.4, 0.5) is 13.2 Å². The lowest BCUT2D eigenvalue weighted by Gasteiger charge is -2.21. The van der Waals surface area contributed by atoms with E-state index in [9.17, 15) is 13.2 Å². The van der Waals surface area contributed by atoms with Crippen LogP contribution in [0, 0.1) is 0 Å². The molecular formula is C12H15ClF3NO. The highest BCUT2D eigenvalue weighted by Gasteiger charge is 2.38. The number of hydrogen-bond donors (Lipinski definition) is 2. The van der Waals surface area contributed by atoms with E-state index in [1.165, 1.54) is 0 Å². The Morgan fingerprint density at radius 1 is 1.39 bits per heavy atom. The zero-order chi connectivity index (χ0) is 13.8. The summed E-state index contributed by atoms with van der Waals surface area (Å²) in [6.45, 7) is 1.31. The Morgan fingerprint density at radius 3 is 2.56 bits per heavy atom. The molecule has 0 aliphatic heterocycles. The quantitative estimate of drug-likeness (QED) is 0.868. The van der Waals surface area contributed by atoms with Crippen molar-refractivity contribution in [2.45, 2.75) is 31.7 Å². The van der Waals surface area contributed by atoms with Gasteiger partial charge in [0.05, 0.1) is 0 Å². The second-order valence-corrected chi connectivity index (χ2v) is 4.42. The van der Waals surface area contributed by atoms with Crippen LogP contribution in [0.3, 0.4) is 0 Å². The summed E-state index contributed by atoms with van der Waals surface area (Å²) in [4.78, 5) is 0. The molecule has 0 fully saturated rings. The third kappa shape index (κ3) is 4.48. The minimum absolute atomic E-state index is 0.263. The van der Waals surface area contributed by atoms with Gasteiger partial charge in [-0.25, -0.2) is 0 Å². The number of benzene rings is 1. The molecule has 0 aliphatic rings. The maximum absolute atomic E-state index is 12.2. The van der Waals surface area contributed by atoms with Crippen LogP contribution in [0.1, 0.15) is 24.9 Å². The molecule has 0 saturated heterocycles. The molecule has 0 aromatic heterocycles. The average molecular weight is 282 g/mol. The third-order valence-corrected chi connectivity index (χ3v) is 2.83. The normalized spacial score (nSPS) is 15.4. The maximum atomic E-state index is 12.2. The molecule has 0 amide bonds. The molecule has 102 valence electrons. The van der Waals surface area contributed by atoms with Crippen LogP contribution >= 0.6 is 11.6 Å². The number of nitrogens with one attached hydrogen (secondary N) is 1. The lowest BCUT2D eigenvalue weighted by molar-refractivity contribution is -0.202. The van der Waals surface area contributed by atoms with Crippen LogP contribution in [-0.4, -0.2) is 23.9 Å². The molecule has 1 aromatic carbocycles. The number of hydrogen-bond acceptors (Lipinski definition) is 2. The van der Waals surface area contributed by atoms with Crippen molar-refractivity contribution in [3.63, 3.8) is 0 Å². The molecule has 2 N–H and O–H groups in total. The monoisotopic (exact) mass is 281 g/mol. The highest BCUT2D eigenvalue weighted by Crippen LogP contribution is 2.23. The zero-order valence-electron chi connectivity index (χ0n) is 9.84. The number of aliphatic hydroxyl groups excluding tert-OH is 1. The molecule has 1 rings (SSSR count). The van der Waals surface area contributed by atoms with Crippen molar-refractivity contribution in [1.82, 2.24) is 5.32 Å². The summed E-state index contributed by atoms with van der Waals surface area (Å²) in [5.41, 5.74) is 0.805. The van der Waals surface area contributed by atoms with Gasteiger partial charge < -0.3 is 10.4 Å². The fraction of sp³-hybridized carbons (Fsp3) is 0.500. The van der Waals surface area contributed by atoms with E-state index >= 15 is 0 Å². The van der Waals surface area contributed by atoms with Gasteiger partial charge >= 0.3 is 6.18 Å². The second kappa shape index (κ2) is 6.41. The summed E-state index contributed by atoms with van der Waals surface area (Å²) in [5.74, 6) is 0. The highest BCUT2D eigenvalue weighted by atomic mass is 35.5. The minimum Gasteiger partial charge on any atom is -0.382 e. The lowest BCUT2D eigenvalue weighted by Crippen LogP contribution is -2.39. The summed E-state index contributed by atoms with van der Waals surface area (Å²) in [7, 11) is 0. The van der Waals surface area contributed by atoms with Gasteiger partial charge in [0.2, 0.25) is 0 Å². The van der Waals surface area contributed by atoms with Crippen molar-refractivity contribution in [2.75, 3.05) is 6.54 Å². The molecule has 18 heavy (non-hydrogen) atoms. The van der Waals surface area contributed by atoms with Crippen LogP contribution in [-0.2, 0) is 0 Å². The maximum Gasteiger partial charge on any atom is 0.415 e. The fourth-order valence-corrected chi connectivity index (χ4v) is 1.79. The SMILES string of the molecule is CCC(NCC(O)C(F)(F)F)c1cccc(Cl)c1. The first-order valence-electron chi connectivity index (χ1n) is 5.58. The largest absolute Gasteiger partial charge is 0.415 e. The Balaban J connectivity index is 2.63. The third-order valence-electron chi connectivity index (χ3n) is 2.59. The van der Waals surface area contributed by atoms with E-state index in [1.807, 2.05) is 6.92 Å². The van der Waals surface area contributed by atoms with Gasteiger partial charge in [0, 0.05) is 17.6 Å². The Morgan fingerprint density at radius 2 is 2.06 bits per heavy atom. The lowest BCUT2D eigenvalue weighted by atomic mass is 10.0. The van der Waals surface area contributed by atoms with Crippen LogP contribution in [0.5, 0.6) is 0 Å². The van der Waals surface area contributed by atoms with Gasteiger partial charge in [0.15, 0.2) is 6.10 Å². The van der Waals surface area contributed by atoms with Crippen molar-refractivity contribution in [1.29, 1.82) is 0 Å². The summed E-state index contributed by atoms with van der Waals surface area (Å²) in [5, 5.41) is 12.1. The van der Waals surface area contributed by atoms with Crippen LogP contribution in [0.25, 0.3) is 0 Å². The second-order valence-electron chi connectivity index (χ2n) is 3.98. The molecular weight excluding hydrogens is 267 g/mol. The van der Waals surface area contributed by atoms with Gasteiger partial charge in [0.1, 0.15) is 0 Å². The fourth-order valence-electron chi connectivity index (χ4n) is 1.59. The Hall–Kier alpha value is -0.780. The number of halogens is 4. The molecule has 0 saturated carbocycles. The summed E-state index contributed by atoms with van der Waals surface area (Å²) >= 11 is 5.82. The van der Waals surface area contributed by atoms with Crippen LogP contribution < -0.4 is 5.32 Å². The van der Waals surface area contributed by atoms with Crippen molar-refractivity contribution in [3.8, 4) is 0 Å². The van der Waals surface area contributed by atoms with Crippen LogP contribution in [0.15, 0.2) is 24.3 Å². The predicted molar refractivity (Wildman–Crippen MR) is 64.5 cm³/mol. The molecule has 6 heteroatoms. The Kier molecular flexibility index (Phi) is 5.44. The van der Waals surface area contributed by atoms with E-state index in [-0.39, 0.29) is 6.04 Å². The first kappa shape index (κ1) is 15.3. The van der Waals surface area contributed by atoms with E-state index in [0.29, 0.717) is 11.4 Å². The predicted octanol–water partition coefficient (Wildman–Crippen LogP) is 3.30. The van der Waals surface area contributed by atoms with Gasteiger partial charge in [-0.3, -0.25) is 0 Å². The Bertz CT molecular complexity index is 384. The van der Waals surface area contributed by atoms with E-state index in [2.05, 4.69) is 5.32 Å². The number of aliphatic hydroxyl groups is 1. The van der Waals surface area contributed by atoms with Crippen molar-refractivity contribution in [3.05, 3.63) is 34.9 Å². The molecule has 2 atom stereocenters. The summed E-state index contributed by atoms with van der Waals surface area (Å²) < 4.78 is 36.5. The molecule has 0 bridgehead atoms. The Labute approximate surface area is 109 Å². The van der Waals surface area contributed by atoms with Crippen molar-refractivity contribution in [2.24, 2.45) is 0 Å². The standard InChI is InChI=1S/C12H15ClF3NO/c1-2-10(8-4-3-5-9(13)6-8)17-7-11(18)12(14,15)16/h3-6,10-11,17-18H,2,7H2,1H3. The van der Waals surface area contributed by atoms with Gasteiger partial charge in [0.25, 0.3) is 0 Å². The van der Waals surface area contributed by atoms with E-state index in [0.717, 1.165) is 5.56 Å². The smallest absolute Gasteiger partial charge is 0.382 e. The summed E-state index contributed by atoms with van der Waals surface area (Å²) in [6.07, 6.45) is -6.35. The number of rotatable bonds is 5. The molecule has 2 nitrogen and oxygen atoms in total. The summed E-state index contributed by atoms with van der Waals surface area (Å²) in [6, 6.07) is 6.65. The minimum atomic E-state index is -4.60. The molecule has 0 aliphatic carbocycles. The molecule has 0 spiro atoms. The molecule has 0 radical (unpaired) electrons. The highest BCUT2D eigenvalue weighted by molar-refractivity contribution is 6.30. The van der Waals surface area contributed by atoms with Gasteiger partial charge in [-0.05, 0) is 24.1 Å². The van der Waals surface area contributed by atoms with Gasteiger partial charge in [-0.2, -0.15) is 13.2 Å². The molecule has 2 unspecified atom stereocenters. The molecule has 1 aromatic rings. The first-order chi connectivity index (χ1) is 8.34. The van der Waals surface area contributed by atoms with Crippen LogP contribution in [0.2, 0.25) is 5.02 Å². The number of alkyl halides is 3. The van der Waals surface area contributed by atoms with Crippen molar-refractivity contribution < 1.29 is 18.3 Å². The van der Waals surface area contributed by atoms with E-state index < -0.39 is 18.8 Å². The topological polar surface area (TPSA) is 32.3 Å². The molecule has 0 heterocycles. The van der Waals surface area contributed by atoms with Gasteiger partial charge in [-0.15, -0.1) is 0 Å².